The molecule has 2 aromatic rings. The lowest BCUT2D eigenvalue weighted by Crippen LogP contribution is -2.11. The van der Waals surface area contributed by atoms with Crippen molar-refractivity contribution in [2.45, 2.75) is 31.9 Å². The minimum absolute atomic E-state index is 0.394. The van der Waals surface area contributed by atoms with Crippen LogP contribution in [0.2, 0.25) is 0 Å². The smallest absolute Gasteiger partial charge is 0.166 e. The van der Waals surface area contributed by atoms with E-state index < -0.39 is 11.7 Å². The van der Waals surface area contributed by atoms with Crippen LogP contribution in [0.5, 0.6) is 0 Å². The van der Waals surface area contributed by atoms with Crippen LogP contribution in [0.25, 0.3) is 0 Å². The van der Waals surface area contributed by atoms with Gasteiger partial charge >= 0.3 is 6.18 Å². The molecule has 0 saturated heterocycles. The van der Waals surface area contributed by atoms with Gasteiger partial charge in [-0.1, -0.05) is 36.4 Å². The second-order valence-electron chi connectivity index (χ2n) is 5.31. The van der Waals surface area contributed by atoms with Crippen molar-refractivity contribution in [1.82, 2.24) is 0 Å². The van der Waals surface area contributed by atoms with Crippen LogP contribution in [0.3, 0.4) is 0 Å². The molecule has 0 nitrogen and oxygen atoms in total. The summed E-state index contributed by atoms with van der Waals surface area (Å²) in [5.41, 5.74) is 2.94. The van der Waals surface area contributed by atoms with E-state index in [2.05, 4.69) is 12.1 Å². The molecule has 0 aromatic heterocycles. The maximum Gasteiger partial charge on any atom is 0.416 e. The van der Waals surface area contributed by atoms with E-state index in [-0.39, 0.29) is 0 Å². The molecule has 6 rings (SSSR count). The lowest BCUT2D eigenvalue weighted by atomic mass is 9.93. The molecule has 0 amide bonds. The molecule has 0 saturated carbocycles. The zero-order valence-electron chi connectivity index (χ0n) is 11.0. The van der Waals surface area contributed by atoms with Crippen molar-refractivity contribution in [3.05, 3.63) is 70.3 Å². The molecule has 2 aromatic carbocycles. The van der Waals surface area contributed by atoms with E-state index in [4.69, 9.17) is 0 Å². The largest absolute Gasteiger partial charge is 0.416 e. The molecule has 0 radical (unpaired) electrons. The van der Waals surface area contributed by atoms with E-state index >= 15 is 0 Å². The summed E-state index contributed by atoms with van der Waals surface area (Å²) in [6, 6.07) is 13.0. The molecular formula is C17H15F3. The van der Waals surface area contributed by atoms with Gasteiger partial charge in [0, 0.05) is 0 Å². The third kappa shape index (κ3) is 2.72. The fourth-order valence-corrected chi connectivity index (χ4v) is 2.70. The van der Waals surface area contributed by atoms with E-state index in [1.165, 1.54) is 11.6 Å². The number of hydrogen-bond donors (Lipinski definition) is 0. The number of alkyl halides is 3. The molecule has 4 bridgehead atoms. The summed E-state index contributed by atoms with van der Waals surface area (Å²) in [5, 5.41) is 0. The third-order valence-corrected chi connectivity index (χ3v) is 3.89. The van der Waals surface area contributed by atoms with E-state index in [1.54, 1.807) is 6.07 Å². The predicted molar refractivity (Wildman–Crippen MR) is 72.7 cm³/mol. The summed E-state index contributed by atoms with van der Waals surface area (Å²) in [7, 11) is 0. The Hall–Kier alpha value is -1.77. The van der Waals surface area contributed by atoms with Gasteiger partial charge in [-0.3, -0.25) is 0 Å². The van der Waals surface area contributed by atoms with Crippen LogP contribution in [0.4, 0.5) is 13.2 Å². The quantitative estimate of drug-likeness (QED) is 0.660. The van der Waals surface area contributed by atoms with Crippen LogP contribution in [0.1, 0.15) is 27.8 Å². The Morgan fingerprint density at radius 1 is 0.650 bits per heavy atom. The van der Waals surface area contributed by atoms with Gasteiger partial charge in [-0.25, -0.2) is 0 Å². The molecule has 0 atom stereocenters. The Morgan fingerprint density at radius 2 is 1.15 bits per heavy atom. The first-order chi connectivity index (χ1) is 9.52. The van der Waals surface area contributed by atoms with Crippen LogP contribution < -0.4 is 0 Å². The standard InChI is InChI=1S/C17H15F3/c18-17(19,20)16-11-14-6-5-12-1-3-13(4-2-12)7-9-15(16)10-8-14/h1-4,8,10-11H,5-7,9H2. The Labute approximate surface area is 116 Å². The first-order valence-corrected chi connectivity index (χ1v) is 6.79. The van der Waals surface area contributed by atoms with Crippen LogP contribution in [0.15, 0.2) is 42.5 Å². The second kappa shape index (κ2) is 4.97. The molecule has 4 aliphatic rings. The number of halogens is 3. The monoisotopic (exact) mass is 276 g/mol. The first kappa shape index (κ1) is 13.2. The van der Waals surface area contributed by atoms with Crippen molar-refractivity contribution in [2.75, 3.05) is 0 Å². The topological polar surface area (TPSA) is 0 Å². The highest BCUT2D eigenvalue weighted by Crippen LogP contribution is 2.33. The third-order valence-electron chi connectivity index (χ3n) is 3.89. The summed E-state index contributed by atoms with van der Waals surface area (Å²) >= 11 is 0. The number of benzene rings is 2. The molecule has 0 N–H and O–H groups in total. The zero-order chi connectivity index (χ0) is 14.2. The van der Waals surface area contributed by atoms with Crippen LogP contribution in [0, 0.1) is 0 Å². The van der Waals surface area contributed by atoms with E-state index in [0.29, 0.717) is 24.8 Å². The molecule has 3 heteroatoms. The molecule has 0 aliphatic heterocycles. The summed E-state index contributed by atoms with van der Waals surface area (Å²) < 4.78 is 39.4. The molecule has 0 spiro atoms. The number of rotatable bonds is 0. The lowest BCUT2D eigenvalue weighted by Gasteiger charge is -2.16. The molecule has 0 fully saturated rings. The molecular weight excluding hydrogens is 261 g/mol. The maximum atomic E-state index is 13.1. The SMILES string of the molecule is FC(F)(F)c1cc2ccc1CCc1ccc(cc1)CC2. The molecule has 4 aliphatic carbocycles. The van der Waals surface area contributed by atoms with Crippen molar-refractivity contribution in [3.63, 3.8) is 0 Å². The van der Waals surface area contributed by atoms with Crippen molar-refractivity contribution in [2.24, 2.45) is 0 Å². The summed E-state index contributed by atoms with van der Waals surface area (Å²) in [5.74, 6) is 0. The highest BCUT2D eigenvalue weighted by molar-refractivity contribution is 5.36. The number of hydrogen-bond acceptors (Lipinski definition) is 0. The molecule has 0 heterocycles. The minimum atomic E-state index is -4.27. The van der Waals surface area contributed by atoms with E-state index in [9.17, 15) is 13.2 Å². The predicted octanol–water partition coefficient (Wildman–Crippen LogP) is 4.59. The Kier molecular flexibility index (Phi) is 3.28. The zero-order valence-corrected chi connectivity index (χ0v) is 11.0. The Balaban J connectivity index is 2.04. The Bertz CT molecular complexity index is 609. The lowest BCUT2D eigenvalue weighted by molar-refractivity contribution is -0.138. The van der Waals surface area contributed by atoms with Gasteiger partial charge in [0.1, 0.15) is 0 Å². The summed E-state index contributed by atoms with van der Waals surface area (Å²) in [6.07, 6.45) is -1.78. The molecule has 104 valence electrons. The highest BCUT2D eigenvalue weighted by Gasteiger charge is 2.33. The normalized spacial score (nSPS) is 14.9. The van der Waals surface area contributed by atoms with Gasteiger partial charge in [-0.15, -0.1) is 0 Å². The first-order valence-electron chi connectivity index (χ1n) is 6.79. The molecule has 0 unspecified atom stereocenters. The Morgan fingerprint density at radius 3 is 1.75 bits per heavy atom. The van der Waals surface area contributed by atoms with Crippen molar-refractivity contribution in [3.8, 4) is 0 Å². The number of aryl methyl sites for hydroxylation is 4. The van der Waals surface area contributed by atoms with Gasteiger partial charge in [0.2, 0.25) is 0 Å². The van der Waals surface area contributed by atoms with Gasteiger partial charge in [0.25, 0.3) is 0 Å². The van der Waals surface area contributed by atoms with E-state index in [1.807, 2.05) is 18.2 Å². The second-order valence-corrected chi connectivity index (χ2v) is 5.31. The van der Waals surface area contributed by atoms with Crippen LogP contribution in [-0.2, 0) is 31.9 Å². The highest BCUT2D eigenvalue weighted by atomic mass is 19.4. The molecule has 20 heavy (non-hydrogen) atoms. The van der Waals surface area contributed by atoms with Crippen molar-refractivity contribution < 1.29 is 13.2 Å². The maximum absolute atomic E-state index is 13.1. The van der Waals surface area contributed by atoms with Gasteiger partial charge in [0.05, 0.1) is 5.56 Å². The van der Waals surface area contributed by atoms with Gasteiger partial charge in [0.15, 0.2) is 0 Å². The fourth-order valence-electron chi connectivity index (χ4n) is 2.70. The van der Waals surface area contributed by atoms with Crippen LogP contribution in [-0.4, -0.2) is 0 Å². The average Bonchev–Trinajstić information content (AvgIpc) is 2.40. The van der Waals surface area contributed by atoms with Crippen molar-refractivity contribution in [1.29, 1.82) is 0 Å². The van der Waals surface area contributed by atoms with E-state index in [0.717, 1.165) is 17.5 Å². The van der Waals surface area contributed by atoms with Gasteiger partial charge < -0.3 is 0 Å². The fraction of sp³-hybridized carbons (Fsp3) is 0.294. The average molecular weight is 276 g/mol. The van der Waals surface area contributed by atoms with Crippen molar-refractivity contribution >= 4 is 0 Å². The van der Waals surface area contributed by atoms with Gasteiger partial charge in [-0.2, -0.15) is 13.2 Å². The summed E-state index contributed by atoms with van der Waals surface area (Å²) in [4.78, 5) is 0. The van der Waals surface area contributed by atoms with Crippen LogP contribution >= 0.6 is 0 Å². The summed E-state index contributed by atoms with van der Waals surface area (Å²) in [6.45, 7) is 0. The minimum Gasteiger partial charge on any atom is -0.166 e. The van der Waals surface area contributed by atoms with Gasteiger partial charge in [-0.05, 0) is 54.0 Å².